The van der Waals surface area contributed by atoms with E-state index < -0.39 is 0 Å². The number of nitrogens with one attached hydrogen (secondary N) is 1. The van der Waals surface area contributed by atoms with Crippen molar-refractivity contribution in [3.63, 3.8) is 0 Å². The van der Waals surface area contributed by atoms with E-state index in [2.05, 4.69) is 36.3 Å². The van der Waals surface area contributed by atoms with Gasteiger partial charge in [-0.2, -0.15) is 0 Å². The molecule has 1 aromatic heterocycles. The molecular formula is C17H23N3O. The van der Waals surface area contributed by atoms with E-state index in [1.165, 1.54) is 0 Å². The van der Waals surface area contributed by atoms with E-state index in [1.54, 1.807) is 0 Å². The SMILES string of the molecule is CCCNc1nnc(-c2ccccc2OCC)c(C)c1C. The van der Waals surface area contributed by atoms with Gasteiger partial charge in [0.1, 0.15) is 5.75 Å². The number of anilines is 1. The van der Waals surface area contributed by atoms with Crippen LogP contribution in [0.15, 0.2) is 24.3 Å². The zero-order chi connectivity index (χ0) is 15.2. The third kappa shape index (κ3) is 3.32. The van der Waals surface area contributed by atoms with Crippen molar-refractivity contribution in [2.75, 3.05) is 18.5 Å². The molecule has 0 spiro atoms. The predicted molar refractivity (Wildman–Crippen MR) is 86.9 cm³/mol. The van der Waals surface area contributed by atoms with E-state index in [1.807, 2.05) is 31.2 Å². The lowest BCUT2D eigenvalue weighted by Crippen LogP contribution is -2.08. The number of rotatable bonds is 6. The van der Waals surface area contributed by atoms with Crippen LogP contribution < -0.4 is 10.1 Å². The number of aromatic nitrogens is 2. The average molecular weight is 285 g/mol. The first-order valence-electron chi connectivity index (χ1n) is 7.49. The van der Waals surface area contributed by atoms with Crippen molar-refractivity contribution < 1.29 is 4.74 Å². The third-order valence-corrected chi connectivity index (χ3v) is 3.51. The molecule has 0 aliphatic heterocycles. The summed E-state index contributed by atoms with van der Waals surface area (Å²) in [6.45, 7) is 9.82. The first kappa shape index (κ1) is 15.3. The zero-order valence-corrected chi connectivity index (χ0v) is 13.2. The highest BCUT2D eigenvalue weighted by Crippen LogP contribution is 2.32. The minimum Gasteiger partial charge on any atom is -0.493 e. The van der Waals surface area contributed by atoms with Gasteiger partial charge < -0.3 is 10.1 Å². The number of hydrogen-bond donors (Lipinski definition) is 1. The standard InChI is InChI=1S/C17H23N3O/c1-5-11-18-17-13(4)12(3)16(19-20-17)14-9-7-8-10-15(14)21-6-2/h7-10H,5-6,11H2,1-4H3,(H,18,20). The summed E-state index contributed by atoms with van der Waals surface area (Å²) >= 11 is 0. The molecule has 0 amide bonds. The molecule has 0 radical (unpaired) electrons. The van der Waals surface area contributed by atoms with Crippen LogP contribution >= 0.6 is 0 Å². The molecule has 112 valence electrons. The average Bonchev–Trinajstić information content (AvgIpc) is 2.50. The molecule has 4 nitrogen and oxygen atoms in total. The van der Waals surface area contributed by atoms with Crippen LogP contribution in [0.3, 0.4) is 0 Å². The van der Waals surface area contributed by atoms with Gasteiger partial charge in [0.2, 0.25) is 0 Å². The molecule has 2 aromatic rings. The minimum atomic E-state index is 0.638. The summed E-state index contributed by atoms with van der Waals surface area (Å²) in [5.74, 6) is 1.72. The van der Waals surface area contributed by atoms with E-state index >= 15 is 0 Å². The molecule has 2 rings (SSSR count). The smallest absolute Gasteiger partial charge is 0.151 e. The minimum absolute atomic E-state index is 0.638. The Morgan fingerprint density at radius 1 is 1.05 bits per heavy atom. The molecule has 21 heavy (non-hydrogen) atoms. The summed E-state index contributed by atoms with van der Waals surface area (Å²) in [7, 11) is 0. The second-order valence-corrected chi connectivity index (χ2v) is 5.00. The van der Waals surface area contributed by atoms with Crippen molar-refractivity contribution in [2.45, 2.75) is 34.1 Å². The molecule has 1 heterocycles. The van der Waals surface area contributed by atoms with Gasteiger partial charge in [-0.15, -0.1) is 10.2 Å². The van der Waals surface area contributed by atoms with Crippen LogP contribution in [-0.2, 0) is 0 Å². The Morgan fingerprint density at radius 2 is 1.81 bits per heavy atom. The Morgan fingerprint density at radius 3 is 2.52 bits per heavy atom. The highest BCUT2D eigenvalue weighted by Gasteiger charge is 2.14. The lowest BCUT2D eigenvalue weighted by atomic mass is 10.0. The number of nitrogens with zero attached hydrogens (tertiary/aromatic N) is 2. The van der Waals surface area contributed by atoms with Crippen LogP contribution in [-0.4, -0.2) is 23.3 Å². The van der Waals surface area contributed by atoms with Gasteiger partial charge in [-0.1, -0.05) is 19.1 Å². The molecule has 1 aromatic carbocycles. The normalized spacial score (nSPS) is 10.5. The fraction of sp³-hybridized carbons (Fsp3) is 0.412. The van der Waals surface area contributed by atoms with Crippen LogP contribution in [0.1, 0.15) is 31.4 Å². The molecule has 0 saturated carbocycles. The maximum absolute atomic E-state index is 5.70. The second-order valence-electron chi connectivity index (χ2n) is 5.00. The van der Waals surface area contributed by atoms with Gasteiger partial charge in [0.15, 0.2) is 5.82 Å². The van der Waals surface area contributed by atoms with Gasteiger partial charge in [0.25, 0.3) is 0 Å². The Labute approximate surface area is 126 Å². The lowest BCUT2D eigenvalue weighted by Gasteiger charge is -2.14. The van der Waals surface area contributed by atoms with E-state index in [9.17, 15) is 0 Å². The predicted octanol–water partition coefficient (Wildman–Crippen LogP) is 3.98. The van der Waals surface area contributed by atoms with Gasteiger partial charge in [-0.05, 0) is 50.5 Å². The maximum atomic E-state index is 5.70. The highest BCUT2D eigenvalue weighted by atomic mass is 16.5. The van der Waals surface area contributed by atoms with Crippen molar-refractivity contribution in [3.8, 4) is 17.0 Å². The van der Waals surface area contributed by atoms with Crippen molar-refractivity contribution in [1.29, 1.82) is 0 Å². The molecule has 0 aliphatic carbocycles. The summed E-state index contributed by atoms with van der Waals surface area (Å²) in [4.78, 5) is 0. The number of hydrogen-bond acceptors (Lipinski definition) is 4. The second kappa shape index (κ2) is 7.07. The van der Waals surface area contributed by atoms with Crippen molar-refractivity contribution in [3.05, 3.63) is 35.4 Å². The van der Waals surface area contributed by atoms with E-state index in [4.69, 9.17) is 4.74 Å². The summed E-state index contributed by atoms with van der Waals surface area (Å²) in [6.07, 6.45) is 1.06. The summed E-state index contributed by atoms with van der Waals surface area (Å²) in [6, 6.07) is 7.97. The Hall–Kier alpha value is -2.10. The Kier molecular flexibility index (Phi) is 5.14. The van der Waals surface area contributed by atoms with Crippen molar-refractivity contribution in [2.24, 2.45) is 0 Å². The molecule has 0 atom stereocenters. The monoisotopic (exact) mass is 285 g/mol. The number of benzene rings is 1. The molecule has 0 fully saturated rings. The van der Waals surface area contributed by atoms with Gasteiger partial charge in [-0.25, -0.2) is 0 Å². The molecule has 0 saturated heterocycles. The molecule has 0 bridgehead atoms. The largest absolute Gasteiger partial charge is 0.493 e. The summed E-state index contributed by atoms with van der Waals surface area (Å²) < 4.78 is 5.70. The van der Waals surface area contributed by atoms with Gasteiger partial charge in [-0.3, -0.25) is 0 Å². The summed E-state index contributed by atoms with van der Waals surface area (Å²) in [5, 5.41) is 12.1. The van der Waals surface area contributed by atoms with Gasteiger partial charge >= 0.3 is 0 Å². The number of para-hydroxylation sites is 1. The van der Waals surface area contributed by atoms with Crippen LogP contribution in [0.2, 0.25) is 0 Å². The Balaban J connectivity index is 2.43. The van der Waals surface area contributed by atoms with Gasteiger partial charge in [0.05, 0.1) is 12.3 Å². The zero-order valence-electron chi connectivity index (χ0n) is 13.2. The van der Waals surface area contributed by atoms with Crippen LogP contribution in [0.25, 0.3) is 11.3 Å². The third-order valence-electron chi connectivity index (χ3n) is 3.51. The number of ether oxygens (including phenoxy) is 1. The van der Waals surface area contributed by atoms with Crippen molar-refractivity contribution in [1.82, 2.24) is 10.2 Å². The first-order chi connectivity index (χ1) is 10.2. The fourth-order valence-electron chi connectivity index (χ4n) is 2.22. The van der Waals surface area contributed by atoms with Crippen LogP contribution in [0.4, 0.5) is 5.82 Å². The van der Waals surface area contributed by atoms with Crippen LogP contribution in [0.5, 0.6) is 5.75 Å². The summed E-state index contributed by atoms with van der Waals surface area (Å²) in [5.41, 5.74) is 4.16. The first-order valence-corrected chi connectivity index (χ1v) is 7.49. The highest BCUT2D eigenvalue weighted by molar-refractivity contribution is 5.71. The molecule has 0 unspecified atom stereocenters. The van der Waals surface area contributed by atoms with Crippen molar-refractivity contribution >= 4 is 5.82 Å². The van der Waals surface area contributed by atoms with E-state index in [0.717, 1.165) is 46.9 Å². The lowest BCUT2D eigenvalue weighted by molar-refractivity contribution is 0.341. The van der Waals surface area contributed by atoms with E-state index in [0.29, 0.717) is 6.61 Å². The molecule has 1 N–H and O–H groups in total. The van der Waals surface area contributed by atoms with Crippen LogP contribution in [0, 0.1) is 13.8 Å². The molecule has 4 heteroatoms. The topological polar surface area (TPSA) is 47.0 Å². The van der Waals surface area contributed by atoms with Gasteiger partial charge in [0, 0.05) is 12.1 Å². The quantitative estimate of drug-likeness (QED) is 0.872. The molecule has 0 aliphatic rings. The maximum Gasteiger partial charge on any atom is 0.151 e. The fourth-order valence-corrected chi connectivity index (χ4v) is 2.22. The Bertz CT molecular complexity index is 611. The molecular weight excluding hydrogens is 262 g/mol. The van der Waals surface area contributed by atoms with E-state index in [-0.39, 0.29) is 0 Å².